The van der Waals surface area contributed by atoms with Gasteiger partial charge in [-0.3, -0.25) is 0 Å². The molecule has 0 radical (unpaired) electrons. The quantitative estimate of drug-likeness (QED) is 0.483. The van der Waals surface area contributed by atoms with E-state index in [0.717, 1.165) is 11.6 Å². The van der Waals surface area contributed by atoms with Crippen molar-refractivity contribution in [1.29, 1.82) is 0 Å². The summed E-state index contributed by atoms with van der Waals surface area (Å²) >= 11 is 0. The van der Waals surface area contributed by atoms with E-state index in [4.69, 9.17) is 0 Å². The topological polar surface area (TPSA) is 67.1 Å². The van der Waals surface area contributed by atoms with E-state index >= 15 is 0 Å². The van der Waals surface area contributed by atoms with Crippen molar-refractivity contribution in [2.75, 3.05) is 6.54 Å². The number of halogens is 1. The molecule has 0 atom stereocenters. The first-order valence-corrected chi connectivity index (χ1v) is 7.33. The molecule has 0 saturated heterocycles. The molecule has 0 spiro atoms. The number of aliphatic imine (C=N–C) groups is 1. The highest BCUT2D eigenvalue weighted by Gasteiger charge is 2.06. The molecule has 0 saturated carbocycles. The van der Waals surface area contributed by atoms with Gasteiger partial charge in [0.1, 0.15) is 11.6 Å². The zero-order valence-electron chi connectivity index (χ0n) is 13.4. The second-order valence-electron chi connectivity index (χ2n) is 5.00. The van der Waals surface area contributed by atoms with Crippen LogP contribution in [0.4, 0.5) is 4.39 Å². The van der Waals surface area contributed by atoms with Gasteiger partial charge in [0.15, 0.2) is 11.8 Å². The largest absolute Gasteiger partial charge is 0.353 e. The summed E-state index contributed by atoms with van der Waals surface area (Å²) in [5.74, 6) is 1.93. The molecule has 23 heavy (non-hydrogen) atoms. The van der Waals surface area contributed by atoms with Gasteiger partial charge in [0, 0.05) is 19.2 Å². The number of hydrogen-bond donors (Lipinski definition) is 2. The van der Waals surface area contributed by atoms with E-state index < -0.39 is 0 Å². The number of nitrogens with zero attached hydrogens (tertiary/aromatic N) is 4. The summed E-state index contributed by atoms with van der Waals surface area (Å²) in [4.78, 5) is 4.39. The van der Waals surface area contributed by atoms with Crippen molar-refractivity contribution >= 4 is 5.96 Å². The van der Waals surface area contributed by atoms with E-state index in [0.29, 0.717) is 24.6 Å². The number of guanidine groups is 1. The van der Waals surface area contributed by atoms with Crippen LogP contribution in [0.15, 0.2) is 41.9 Å². The fourth-order valence-corrected chi connectivity index (χ4v) is 1.90. The molecule has 2 aromatic rings. The van der Waals surface area contributed by atoms with Crippen molar-refractivity contribution in [1.82, 2.24) is 25.4 Å². The normalized spacial score (nSPS) is 11.3. The molecule has 2 N–H and O–H groups in total. The molecule has 1 heterocycles. The first kappa shape index (κ1) is 16.7. The summed E-state index contributed by atoms with van der Waals surface area (Å²) in [5, 5.41) is 14.4. The third kappa shape index (κ3) is 4.64. The molecule has 6 nitrogen and oxygen atoms in total. The van der Waals surface area contributed by atoms with Gasteiger partial charge >= 0.3 is 0 Å². The van der Waals surface area contributed by atoms with Crippen LogP contribution in [0.5, 0.6) is 0 Å². The van der Waals surface area contributed by atoms with Gasteiger partial charge in [0.25, 0.3) is 0 Å². The molecule has 2 rings (SSSR count). The van der Waals surface area contributed by atoms with Gasteiger partial charge < -0.3 is 15.2 Å². The molecular formula is C16H21FN6. The molecule has 0 aliphatic carbocycles. The van der Waals surface area contributed by atoms with Gasteiger partial charge in [-0.15, -0.1) is 16.8 Å². The fraction of sp³-hybridized carbons (Fsp3) is 0.312. The highest BCUT2D eigenvalue weighted by molar-refractivity contribution is 5.79. The molecule has 0 bridgehead atoms. The molecule has 1 aromatic heterocycles. The number of benzene rings is 1. The number of hydrogen-bond acceptors (Lipinski definition) is 3. The summed E-state index contributed by atoms with van der Waals surface area (Å²) < 4.78 is 15.5. The van der Waals surface area contributed by atoms with Crippen molar-refractivity contribution in [2.24, 2.45) is 12.0 Å². The van der Waals surface area contributed by atoms with Crippen LogP contribution in [-0.2, 0) is 20.1 Å². The van der Waals surface area contributed by atoms with Crippen molar-refractivity contribution in [3.05, 3.63) is 59.9 Å². The molecule has 1 aromatic carbocycles. The third-order valence-electron chi connectivity index (χ3n) is 3.38. The van der Waals surface area contributed by atoms with Crippen LogP contribution in [0.1, 0.15) is 17.2 Å². The summed E-state index contributed by atoms with van der Waals surface area (Å²) in [5.41, 5.74) is 0.543. The predicted molar refractivity (Wildman–Crippen MR) is 88.3 cm³/mol. The Bertz CT molecular complexity index is 692. The molecule has 7 heteroatoms. The van der Waals surface area contributed by atoms with Crippen LogP contribution in [0.3, 0.4) is 0 Å². The second-order valence-corrected chi connectivity index (χ2v) is 5.00. The number of aryl methyl sites for hydroxylation is 1. The maximum atomic E-state index is 13.7. The van der Waals surface area contributed by atoms with Gasteiger partial charge in [-0.05, 0) is 13.0 Å². The average Bonchev–Trinajstić information content (AvgIpc) is 2.87. The smallest absolute Gasteiger partial charge is 0.192 e. The Morgan fingerprint density at radius 3 is 2.78 bits per heavy atom. The average molecular weight is 316 g/mol. The summed E-state index contributed by atoms with van der Waals surface area (Å²) in [6.45, 7) is 6.83. The number of rotatable bonds is 6. The Balaban J connectivity index is 2.04. The summed E-state index contributed by atoms with van der Waals surface area (Å²) in [6.07, 6.45) is 1.73. The van der Waals surface area contributed by atoms with Crippen molar-refractivity contribution < 1.29 is 4.39 Å². The van der Waals surface area contributed by atoms with Crippen LogP contribution in [0.2, 0.25) is 0 Å². The maximum absolute atomic E-state index is 13.7. The van der Waals surface area contributed by atoms with E-state index in [1.165, 1.54) is 6.07 Å². The first-order valence-electron chi connectivity index (χ1n) is 7.33. The lowest BCUT2D eigenvalue weighted by molar-refractivity contribution is 0.610. The molecule has 0 unspecified atom stereocenters. The molecule has 0 fully saturated rings. The number of nitrogens with one attached hydrogen (secondary N) is 2. The lowest BCUT2D eigenvalue weighted by Gasteiger charge is -2.11. The third-order valence-corrected chi connectivity index (χ3v) is 3.38. The van der Waals surface area contributed by atoms with Gasteiger partial charge in [0.2, 0.25) is 0 Å². The lowest BCUT2D eigenvalue weighted by atomic mass is 10.2. The van der Waals surface area contributed by atoms with Gasteiger partial charge in [-0.2, -0.15) is 0 Å². The maximum Gasteiger partial charge on any atom is 0.192 e. The Kier molecular flexibility index (Phi) is 5.85. The van der Waals surface area contributed by atoms with E-state index in [1.807, 2.05) is 18.5 Å². The van der Waals surface area contributed by atoms with Crippen molar-refractivity contribution in [3.63, 3.8) is 0 Å². The number of aromatic nitrogens is 3. The summed E-state index contributed by atoms with van der Waals surface area (Å²) in [7, 11) is 1.90. The highest BCUT2D eigenvalue weighted by atomic mass is 19.1. The van der Waals surface area contributed by atoms with E-state index in [2.05, 4.69) is 32.4 Å². The van der Waals surface area contributed by atoms with E-state index in [9.17, 15) is 4.39 Å². The zero-order valence-corrected chi connectivity index (χ0v) is 13.4. The van der Waals surface area contributed by atoms with Crippen LogP contribution in [0, 0.1) is 12.7 Å². The van der Waals surface area contributed by atoms with Crippen LogP contribution in [-0.4, -0.2) is 27.3 Å². The Morgan fingerprint density at radius 1 is 1.35 bits per heavy atom. The van der Waals surface area contributed by atoms with Gasteiger partial charge in [-0.1, -0.05) is 24.3 Å². The van der Waals surface area contributed by atoms with Crippen LogP contribution in [0.25, 0.3) is 0 Å². The Labute approximate surface area is 135 Å². The minimum Gasteiger partial charge on any atom is -0.353 e. The van der Waals surface area contributed by atoms with E-state index in [-0.39, 0.29) is 12.4 Å². The van der Waals surface area contributed by atoms with Gasteiger partial charge in [0.05, 0.1) is 13.1 Å². The Hall–Kier alpha value is -2.70. The zero-order chi connectivity index (χ0) is 16.7. The predicted octanol–water partition coefficient (Wildman–Crippen LogP) is 1.68. The lowest BCUT2D eigenvalue weighted by Crippen LogP contribution is -2.37. The SMILES string of the molecule is C=CCNC(=NCc1ccccc1F)NCc1nnc(C)n1C. The molecule has 0 aliphatic heterocycles. The van der Waals surface area contributed by atoms with Crippen LogP contribution < -0.4 is 10.6 Å². The highest BCUT2D eigenvalue weighted by Crippen LogP contribution is 2.07. The second kappa shape index (κ2) is 8.07. The first-order chi connectivity index (χ1) is 11.1. The van der Waals surface area contributed by atoms with Crippen LogP contribution >= 0.6 is 0 Å². The summed E-state index contributed by atoms with van der Waals surface area (Å²) in [6, 6.07) is 6.60. The van der Waals surface area contributed by atoms with Crippen molar-refractivity contribution in [3.8, 4) is 0 Å². The molecular weight excluding hydrogens is 295 g/mol. The standard InChI is InChI=1S/C16H21FN6/c1-4-9-18-16(19-10-13-7-5-6-8-14(13)17)20-11-15-22-21-12(2)23(15)3/h4-8H,1,9-11H2,2-3H3,(H2,18,19,20). The Morgan fingerprint density at radius 2 is 2.13 bits per heavy atom. The molecule has 0 aliphatic rings. The minimum absolute atomic E-state index is 0.247. The van der Waals surface area contributed by atoms with E-state index in [1.54, 1.807) is 24.3 Å². The molecule has 122 valence electrons. The van der Waals surface area contributed by atoms with Gasteiger partial charge in [-0.25, -0.2) is 9.38 Å². The fourth-order valence-electron chi connectivity index (χ4n) is 1.90. The monoisotopic (exact) mass is 316 g/mol. The molecule has 0 amide bonds. The van der Waals surface area contributed by atoms with Crippen molar-refractivity contribution in [2.45, 2.75) is 20.0 Å². The minimum atomic E-state index is -0.261.